The number of aryl methyl sites for hydroxylation is 1. The van der Waals surface area contributed by atoms with Crippen LogP contribution in [0.1, 0.15) is 33.4 Å². The first-order valence-electron chi connectivity index (χ1n) is 9.65. The number of hydrogen-bond donors (Lipinski definition) is 0. The number of pyridine rings is 1. The number of halogens is 1. The molecule has 0 N–H and O–H groups in total. The average Bonchev–Trinajstić information content (AvgIpc) is 3.07. The average molecular weight is 433 g/mol. The van der Waals surface area contributed by atoms with Gasteiger partial charge in [0.1, 0.15) is 17.2 Å². The van der Waals surface area contributed by atoms with Crippen LogP contribution in [0.5, 0.6) is 5.75 Å². The normalized spacial score (nSPS) is 15.4. The summed E-state index contributed by atoms with van der Waals surface area (Å²) in [4.78, 5) is 33.1. The molecule has 0 saturated carbocycles. The number of rotatable bonds is 3. The first-order chi connectivity index (χ1) is 15.0. The van der Waals surface area contributed by atoms with Crippen LogP contribution in [-0.4, -0.2) is 18.0 Å². The van der Waals surface area contributed by atoms with Gasteiger partial charge in [-0.15, -0.1) is 0 Å². The number of fused-ring (bicyclic) bond motifs is 2. The van der Waals surface area contributed by atoms with Crippen molar-refractivity contribution in [2.45, 2.75) is 13.0 Å². The number of carbonyl (C=O) groups is 1. The van der Waals surface area contributed by atoms with E-state index in [9.17, 15) is 9.59 Å². The number of methoxy groups -OCH3 is 1. The van der Waals surface area contributed by atoms with Crippen molar-refractivity contribution in [3.8, 4) is 5.75 Å². The third-order valence-electron chi connectivity index (χ3n) is 5.36. The maximum atomic E-state index is 13.6. The summed E-state index contributed by atoms with van der Waals surface area (Å²) in [5.74, 6) is 0.639. The Hall–Kier alpha value is -3.64. The molecule has 2 aromatic heterocycles. The molecule has 7 heteroatoms. The van der Waals surface area contributed by atoms with Crippen LogP contribution >= 0.6 is 11.6 Å². The van der Waals surface area contributed by atoms with Crippen LogP contribution in [0.3, 0.4) is 0 Å². The van der Waals surface area contributed by atoms with E-state index in [2.05, 4.69) is 4.98 Å². The first kappa shape index (κ1) is 19.3. The van der Waals surface area contributed by atoms with E-state index in [4.69, 9.17) is 20.8 Å². The number of aromatic nitrogens is 1. The number of anilines is 1. The monoisotopic (exact) mass is 432 g/mol. The highest BCUT2D eigenvalue weighted by Gasteiger charge is 2.44. The zero-order valence-electron chi connectivity index (χ0n) is 16.8. The molecule has 0 unspecified atom stereocenters. The molecule has 2 aromatic carbocycles. The van der Waals surface area contributed by atoms with Crippen molar-refractivity contribution >= 4 is 34.3 Å². The summed E-state index contributed by atoms with van der Waals surface area (Å²) in [5, 5.41) is 0.741. The molecule has 0 bridgehead atoms. The molecule has 1 aliphatic heterocycles. The molecule has 1 aliphatic rings. The Kier molecular flexibility index (Phi) is 4.52. The summed E-state index contributed by atoms with van der Waals surface area (Å²) in [7, 11) is 1.57. The minimum atomic E-state index is -0.716. The van der Waals surface area contributed by atoms with Crippen molar-refractivity contribution in [2.24, 2.45) is 0 Å². The van der Waals surface area contributed by atoms with Crippen molar-refractivity contribution in [3.05, 3.63) is 98.5 Å². The molecule has 3 heterocycles. The predicted octanol–water partition coefficient (Wildman–Crippen LogP) is 4.91. The highest BCUT2D eigenvalue weighted by Crippen LogP contribution is 2.41. The zero-order valence-corrected chi connectivity index (χ0v) is 17.5. The smallest absolute Gasteiger partial charge is 0.296 e. The molecule has 1 atom stereocenters. The number of nitrogens with zero attached hydrogens (tertiary/aromatic N) is 2. The van der Waals surface area contributed by atoms with Gasteiger partial charge in [-0.05, 0) is 55.0 Å². The zero-order chi connectivity index (χ0) is 21.7. The molecule has 5 rings (SSSR count). The topological polar surface area (TPSA) is 72.6 Å². The van der Waals surface area contributed by atoms with Crippen LogP contribution < -0.4 is 15.1 Å². The Morgan fingerprint density at radius 1 is 1.06 bits per heavy atom. The second kappa shape index (κ2) is 7.25. The molecule has 1 amide bonds. The molecule has 0 fully saturated rings. The van der Waals surface area contributed by atoms with Crippen LogP contribution in [0.25, 0.3) is 11.0 Å². The van der Waals surface area contributed by atoms with Gasteiger partial charge in [0.05, 0.1) is 24.1 Å². The lowest BCUT2D eigenvalue weighted by Crippen LogP contribution is -2.30. The van der Waals surface area contributed by atoms with Gasteiger partial charge in [0.2, 0.25) is 5.76 Å². The van der Waals surface area contributed by atoms with Crippen LogP contribution in [0, 0.1) is 6.92 Å². The molecule has 6 nitrogen and oxygen atoms in total. The van der Waals surface area contributed by atoms with Crippen LogP contribution in [-0.2, 0) is 0 Å². The Balaban J connectivity index is 1.83. The van der Waals surface area contributed by atoms with Crippen molar-refractivity contribution < 1.29 is 13.9 Å². The van der Waals surface area contributed by atoms with Gasteiger partial charge in [0, 0.05) is 10.7 Å². The first-order valence-corrected chi connectivity index (χ1v) is 10.0. The highest BCUT2D eigenvalue weighted by atomic mass is 35.5. The van der Waals surface area contributed by atoms with Crippen molar-refractivity contribution in [3.63, 3.8) is 0 Å². The minimum Gasteiger partial charge on any atom is -0.497 e. The summed E-state index contributed by atoms with van der Waals surface area (Å²) >= 11 is 6.12. The summed E-state index contributed by atoms with van der Waals surface area (Å²) in [6, 6.07) is 16.7. The molecule has 0 aliphatic carbocycles. The molecule has 0 radical (unpaired) electrons. The molecule has 0 saturated heterocycles. The number of benzene rings is 2. The minimum absolute atomic E-state index is 0.0101. The maximum absolute atomic E-state index is 13.6. The summed E-state index contributed by atoms with van der Waals surface area (Å²) < 4.78 is 11.3. The summed E-state index contributed by atoms with van der Waals surface area (Å²) in [6.45, 7) is 1.84. The van der Waals surface area contributed by atoms with Gasteiger partial charge in [-0.25, -0.2) is 4.98 Å². The van der Waals surface area contributed by atoms with E-state index < -0.39 is 11.9 Å². The molecule has 4 aromatic rings. The third kappa shape index (κ3) is 3.07. The summed E-state index contributed by atoms with van der Waals surface area (Å²) in [6.07, 6.45) is 0. The lowest BCUT2D eigenvalue weighted by molar-refractivity contribution is 0.0970. The molecule has 0 spiro atoms. The van der Waals surface area contributed by atoms with Crippen molar-refractivity contribution in [1.82, 2.24) is 4.98 Å². The van der Waals surface area contributed by atoms with Gasteiger partial charge in [-0.1, -0.05) is 29.8 Å². The van der Waals surface area contributed by atoms with E-state index >= 15 is 0 Å². The molecule has 31 heavy (non-hydrogen) atoms. The van der Waals surface area contributed by atoms with Gasteiger partial charge >= 0.3 is 0 Å². The fourth-order valence-electron chi connectivity index (χ4n) is 3.97. The molecular weight excluding hydrogens is 416 g/mol. The van der Waals surface area contributed by atoms with Gasteiger partial charge < -0.3 is 9.15 Å². The Morgan fingerprint density at radius 3 is 2.65 bits per heavy atom. The number of hydrogen-bond acceptors (Lipinski definition) is 5. The van der Waals surface area contributed by atoms with Crippen LogP contribution in [0.2, 0.25) is 5.02 Å². The van der Waals surface area contributed by atoms with Crippen molar-refractivity contribution in [1.29, 1.82) is 0 Å². The van der Waals surface area contributed by atoms with Gasteiger partial charge in [-0.3, -0.25) is 14.5 Å². The van der Waals surface area contributed by atoms with E-state index in [1.54, 1.807) is 43.5 Å². The van der Waals surface area contributed by atoms with Gasteiger partial charge in [0.25, 0.3) is 5.91 Å². The van der Waals surface area contributed by atoms with Crippen molar-refractivity contribution in [2.75, 3.05) is 12.0 Å². The number of carbonyl (C=O) groups excluding carboxylic acids is 1. The molecule has 154 valence electrons. The highest BCUT2D eigenvalue weighted by molar-refractivity contribution is 6.31. The van der Waals surface area contributed by atoms with Gasteiger partial charge in [-0.2, -0.15) is 0 Å². The fourth-order valence-corrected chi connectivity index (χ4v) is 4.14. The largest absolute Gasteiger partial charge is 0.497 e. The standard InChI is InChI=1S/C24H17ClN2O4/c1-13-5-3-8-19(26-13)27-21(14-6-4-7-16(11-14)30-2)20-22(28)17-12-15(25)9-10-18(17)31-23(20)24(27)29/h3-12,21H,1-2H3/t21-/m1/s1. The van der Waals surface area contributed by atoms with Crippen LogP contribution in [0.15, 0.2) is 69.9 Å². The summed E-state index contributed by atoms with van der Waals surface area (Å²) in [5.41, 5.74) is 1.74. The predicted molar refractivity (Wildman–Crippen MR) is 118 cm³/mol. The SMILES string of the molecule is COc1cccc([C@@H]2c3c(oc4ccc(Cl)cc4c3=O)C(=O)N2c2cccc(C)n2)c1. The van der Waals surface area contributed by atoms with E-state index in [0.717, 1.165) is 5.69 Å². The quantitative estimate of drug-likeness (QED) is 0.460. The number of amides is 1. The second-order valence-corrected chi connectivity index (χ2v) is 7.74. The van der Waals surface area contributed by atoms with E-state index in [1.807, 2.05) is 31.2 Å². The van der Waals surface area contributed by atoms with Gasteiger partial charge in [0.15, 0.2) is 5.43 Å². The Bertz CT molecular complexity index is 1410. The lowest BCUT2D eigenvalue weighted by Gasteiger charge is -2.24. The van der Waals surface area contributed by atoms with E-state index in [1.165, 1.54) is 4.90 Å². The second-order valence-electron chi connectivity index (χ2n) is 7.31. The van der Waals surface area contributed by atoms with E-state index in [0.29, 0.717) is 33.1 Å². The van der Waals surface area contributed by atoms with Crippen LogP contribution in [0.4, 0.5) is 5.82 Å². The number of ether oxygens (including phenoxy) is 1. The lowest BCUT2D eigenvalue weighted by atomic mass is 9.98. The Labute approximate surface area is 182 Å². The fraction of sp³-hybridized carbons (Fsp3) is 0.125. The van der Waals surface area contributed by atoms with E-state index in [-0.39, 0.29) is 16.8 Å². The molecular formula is C24H17ClN2O4. The third-order valence-corrected chi connectivity index (χ3v) is 5.60. The maximum Gasteiger partial charge on any atom is 0.296 e. The Morgan fingerprint density at radius 2 is 1.87 bits per heavy atom.